The summed E-state index contributed by atoms with van der Waals surface area (Å²) in [5, 5.41) is 0.577. The number of fused-ring (bicyclic) bond motifs is 1. The smallest absolute Gasteiger partial charge is 0.349 e. The molecule has 0 fully saturated rings. The van der Waals surface area contributed by atoms with Crippen LogP contribution in [0.3, 0.4) is 0 Å². The number of hydrogen-bond donors (Lipinski definition) is 0. The highest BCUT2D eigenvalue weighted by Gasteiger charge is 2.31. The van der Waals surface area contributed by atoms with E-state index in [-0.39, 0.29) is 17.7 Å². The maximum Gasteiger partial charge on any atom is 0.349 e. The molecule has 7 heteroatoms. The molecule has 0 radical (unpaired) electrons. The van der Waals surface area contributed by atoms with Crippen LogP contribution in [0.25, 0.3) is 11.0 Å². The Morgan fingerprint density at radius 2 is 1.67 bits per heavy atom. The third kappa shape index (κ3) is 4.35. The van der Waals surface area contributed by atoms with Crippen LogP contribution >= 0.6 is 0 Å². The van der Waals surface area contributed by atoms with E-state index in [0.717, 1.165) is 0 Å². The van der Waals surface area contributed by atoms with Crippen LogP contribution < -0.4 is 15.1 Å². The van der Waals surface area contributed by atoms with Gasteiger partial charge in [-0.25, -0.2) is 9.59 Å². The van der Waals surface area contributed by atoms with Crippen LogP contribution in [0, 0.1) is 0 Å². The van der Waals surface area contributed by atoms with Gasteiger partial charge in [0.05, 0.1) is 13.7 Å². The SMILES string of the molecule is CCOC(=O)C(C)(C)Oc1ccc(C(=O)c2cc3cc(OC)ccc3oc2=O)cc1. The molecular formula is C23H22O7. The number of methoxy groups -OCH3 is 1. The standard InChI is InChI=1S/C23H22O7/c1-5-28-22(26)23(2,3)30-16-8-6-14(7-9-16)20(24)18-13-15-12-17(27-4)10-11-19(15)29-21(18)25/h6-13H,5H2,1-4H3. The highest BCUT2D eigenvalue weighted by atomic mass is 16.6. The van der Waals surface area contributed by atoms with Crippen molar-refractivity contribution in [1.82, 2.24) is 0 Å². The van der Waals surface area contributed by atoms with Gasteiger partial charge in [0.25, 0.3) is 0 Å². The molecule has 1 aromatic heterocycles. The number of carbonyl (C=O) groups is 2. The molecule has 0 aliphatic rings. The number of benzene rings is 2. The van der Waals surface area contributed by atoms with E-state index in [0.29, 0.717) is 22.5 Å². The molecule has 0 unspecified atom stereocenters. The molecule has 0 aliphatic carbocycles. The molecule has 1 heterocycles. The largest absolute Gasteiger partial charge is 0.497 e. The Kier molecular flexibility index (Phi) is 5.91. The predicted octanol–water partition coefficient (Wildman–Crippen LogP) is 3.75. The first-order valence-electron chi connectivity index (χ1n) is 9.38. The first-order chi connectivity index (χ1) is 14.2. The number of rotatable bonds is 7. The quantitative estimate of drug-likeness (QED) is 0.333. The Bertz CT molecular complexity index is 1140. The van der Waals surface area contributed by atoms with Gasteiger partial charge in [-0.15, -0.1) is 0 Å². The lowest BCUT2D eigenvalue weighted by molar-refractivity contribution is -0.158. The van der Waals surface area contributed by atoms with Crippen molar-refractivity contribution in [2.75, 3.05) is 13.7 Å². The number of ketones is 1. The molecule has 156 valence electrons. The molecular weight excluding hydrogens is 388 g/mol. The van der Waals surface area contributed by atoms with Gasteiger partial charge in [-0.1, -0.05) is 0 Å². The molecule has 0 bridgehead atoms. The third-order valence-corrected chi connectivity index (χ3v) is 4.44. The lowest BCUT2D eigenvalue weighted by atomic mass is 10.0. The first kappa shape index (κ1) is 21.1. The van der Waals surface area contributed by atoms with Crippen LogP contribution in [0.5, 0.6) is 11.5 Å². The highest BCUT2D eigenvalue weighted by Crippen LogP contribution is 2.23. The fourth-order valence-corrected chi connectivity index (χ4v) is 2.86. The Hall–Kier alpha value is -3.61. The van der Waals surface area contributed by atoms with Gasteiger partial charge < -0.3 is 18.6 Å². The van der Waals surface area contributed by atoms with Crippen molar-refractivity contribution in [3.05, 3.63) is 70.1 Å². The summed E-state index contributed by atoms with van der Waals surface area (Å²) in [5.41, 5.74) is -1.34. The van der Waals surface area contributed by atoms with Crippen LogP contribution in [0.4, 0.5) is 0 Å². The summed E-state index contributed by atoms with van der Waals surface area (Å²) < 4.78 is 21.1. The second-order valence-electron chi connectivity index (χ2n) is 7.04. The summed E-state index contributed by atoms with van der Waals surface area (Å²) in [6.45, 7) is 5.16. The number of hydrogen-bond acceptors (Lipinski definition) is 7. The van der Waals surface area contributed by atoms with Crippen molar-refractivity contribution < 1.29 is 28.2 Å². The van der Waals surface area contributed by atoms with E-state index in [4.69, 9.17) is 18.6 Å². The van der Waals surface area contributed by atoms with Crippen molar-refractivity contribution in [2.45, 2.75) is 26.4 Å². The molecule has 7 nitrogen and oxygen atoms in total. The lowest BCUT2D eigenvalue weighted by Gasteiger charge is -2.24. The van der Waals surface area contributed by atoms with E-state index in [2.05, 4.69) is 0 Å². The third-order valence-electron chi connectivity index (χ3n) is 4.44. The topological polar surface area (TPSA) is 92.0 Å². The number of ether oxygens (including phenoxy) is 3. The maximum absolute atomic E-state index is 12.8. The van der Waals surface area contributed by atoms with Gasteiger partial charge in [0.2, 0.25) is 0 Å². The van der Waals surface area contributed by atoms with E-state index in [1.54, 1.807) is 51.1 Å². The second kappa shape index (κ2) is 8.41. The zero-order valence-electron chi connectivity index (χ0n) is 17.2. The van der Waals surface area contributed by atoms with E-state index < -0.39 is 23.0 Å². The van der Waals surface area contributed by atoms with Gasteiger partial charge in [-0.3, -0.25) is 4.79 Å². The van der Waals surface area contributed by atoms with E-state index >= 15 is 0 Å². The summed E-state index contributed by atoms with van der Waals surface area (Å²) in [6, 6.07) is 12.6. The molecule has 0 aliphatic heterocycles. The highest BCUT2D eigenvalue weighted by molar-refractivity contribution is 6.09. The fourth-order valence-electron chi connectivity index (χ4n) is 2.86. The molecule has 3 rings (SSSR count). The summed E-state index contributed by atoms with van der Waals surface area (Å²) in [6.07, 6.45) is 0. The minimum Gasteiger partial charge on any atom is -0.497 e. The van der Waals surface area contributed by atoms with Gasteiger partial charge in [0.1, 0.15) is 22.6 Å². The Labute approximate surface area is 173 Å². The summed E-state index contributed by atoms with van der Waals surface area (Å²) >= 11 is 0. The maximum atomic E-state index is 12.8. The number of carbonyl (C=O) groups excluding carboxylic acids is 2. The van der Waals surface area contributed by atoms with Crippen molar-refractivity contribution >= 4 is 22.7 Å². The predicted molar refractivity (Wildman–Crippen MR) is 110 cm³/mol. The zero-order chi connectivity index (χ0) is 21.9. The minimum absolute atomic E-state index is 0.0868. The number of esters is 1. The van der Waals surface area contributed by atoms with Gasteiger partial charge in [0.15, 0.2) is 11.4 Å². The van der Waals surface area contributed by atoms with Crippen molar-refractivity contribution in [3.8, 4) is 11.5 Å². The molecule has 2 aromatic carbocycles. The zero-order valence-corrected chi connectivity index (χ0v) is 17.2. The fraction of sp³-hybridized carbons (Fsp3) is 0.261. The molecule has 3 aromatic rings. The van der Waals surface area contributed by atoms with E-state index in [1.807, 2.05) is 0 Å². The van der Waals surface area contributed by atoms with E-state index in [1.165, 1.54) is 25.3 Å². The van der Waals surface area contributed by atoms with Gasteiger partial charge in [-0.05, 0) is 69.3 Å². The molecule has 0 N–H and O–H groups in total. The average molecular weight is 410 g/mol. The van der Waals surface area contributed by atoms with Crippen LogP contribution in [0.1, 0.15) is 36.7 Å². The molecule has 0 saturated carbocycles. The molecule has 0 amide bonds. The van der Waals surface area contributed by atoms with Crippen LogP contribution in [0.15, 0.2) is 57.7 Å². The van der Waals surface area contributed by atoms with Crippen LogP contribution in [0.2, 0.25) is 0 Å². The normalized spacial score (nSPS) is 11.2. The van der Waals surface area contributed by atoms with Gasteiger partial charge in [0, 0.05) is 10.9 Å². The van der Waals surface area contributed by atoms with Gasteiger partial charge in [-0.2, -0.15) is 0 Å². The molecule has 0 saturated heterocycles. The molecule has 30 heavy (non-hydrogen) atoms. The van der Waals surface area contributed by atoms with Crippen molar-refractivity contribution in [1.29, 1.82) is 0 Å². The van der Waals surface area contributed by atoms with Crippen LogP contribution in [-0.4, -0.2) is 31.1 Å². The summed E-state index contributed by atoms with van der Waals surface area (Å²) in [7, 11) is 1.53. The minimum atomic E-state index is -1.18. The van der Waals surface area contributed by atoms with E-state index in [9.17, 15) is 14.4 Å². The Morgan fingerprint density at radius 1 is 1.00 bits per heavy atom. The van der Waals surface area contributed by atoms with Gasteiger partial charge >= 0.3 is 11.6 Å². The monoisotopic (exact) mass is 410 g/mol. The molecule has 0 atom stereocenters. The first-order valence-corrected chi connectivity index (χ1v) is 9.38. The Balaban J connectivity index is 1.86. The van der Waals surface area contributed by atoms with Crippen LogP contribution in [-0.2, 0) is 9.53 Å². The second-order valence-corrected chi connectivity index (χ2v) is 7.04. The van der Waals surface area contributed by atoms with Crippen molar-refractivity contribution in [2.24, 2.45) is 0 Å². The lowest BCUT2D eigenvalue weighted by Crippen LogP contribution is -2.39. The summed E-state index contributed by atoms with van der Waals surface area (Å²) in [5.74, 6) is -0.000579. The average Bonchev–Trinajstić information content (AvgIpc) is 2.73. The summed E-state index contributed by atoms with van der Waals surface area (Å²) in [4.78, 5) is 37.1. The van der Waals surface area contributed by atoms with Crippen molar-refractivity contribution in [3.63, 3.8) is 0 Å². The molecule has 0 spiro atoms. The Morgan fingerprint density at radius 3 is 2.30 bits per heavy atom.